The molecule has 0 spiro atoms. The predicted molar refractivity (Wildman–Crippen MR) is 126 cm³/mol. The van der Waals surface area contributed by atoms with Crippen LogP contribution in [0.1, 0.15) is 63.4 Å². The maximum Gasteiger partial charge on any atom is 0.328 e. The van der Waals surface area contributed by atoms with Gasteiger partial charge in [-0.15, -0.1) is 0 Å². The molecule has 8 heteroatoms. The van der Waals surface area contributed by atoms with Gasteiger partial charge in [-0.1, -0.05) is 19.3 Å². The maximum atomic E-state index is 12.9. The first-order valence-electron chi connectivity index (χ1n) is 12.3. The second-order valence-corrected chi connectivity index (χ2v) is 9.01. The Labute approximate surface area is 201 Å². The third-order valence-electron chi connectivity index (χ3n) is 6.80. The van der Waals surface area contributed by atoms with Crippen molar-refractivity contribution in [1.29, 1.82) is 0 Å². The van der Waals surface area contributed by atoms with Gasteiger partial charge in [-0.3, -0.25) is 9.59 Å². The molecule has 34 heavy (non-hydrogen) atoms. The number of carbonyl (C=O) groups excluding carboxylic acids is 3. The highest BCUT2D eigenvalue weighted by Gasteiger charge is 2.38. The highest BCUT2D eigenvalue weighted by molar-refractivity contribution is 6.37. The Balaban J connectivity index is 1.54. The highest BCUT2D eigenvalue weighted by atomic mass is 16.5. The summed E-state index contributed by atoms with van der Waals surface area (Å²) in [6.07, 6.45) is 8.07. The Morgan fingerprint density at radius 2 is 1.53 bits per heavy atom. The van der Waals surface area contributed by atoms with E-state index in [4.69, 9.17) is 18.9 Å². The van der Waals surface area contributed by atoms with Gasteiger partial charge in [-0.05, 0) is 62.6 Å². The summed E-state index contributed by atoms with van der Waals surface area (Å²) in [5.41, 5.74) is 0.970. The number of ketones is 1. The zero-order chi connectivity index (χ0) is 24.5. The summed E-state index contributed by atoms with van der Waals surface area (Å²) in [7, 11) is 4.69. The average molecular weight is 476 g/mol. The Morgan fingerprint density at radius 3 is 2.15 bits per heavy atom. The molecule has 0 aromatic heterocycles. The molecule has 1 aliphatic carbocycles. The number of hydrogen-bond acceptors (Lipinski definition) is 7. The van der Waals surface area contributed by atoms with Crippen molar-refractivity contribution in [3.63, 3.8) is 0 Å². The maximum absolute atomic E-state index is 12.9. The molecule has 1 aliphatic heterocycles. The summed E-state index contributed by atoms with van der Waals surface area (Å²) in [6.45, 7) is 0.660. The monoisotopic (exact) mass is 475 g/mol. The van der Waals surface area contributed by atoms with E-state index >= 15 is 0 Å². The predicted octanol–water partition coefficient (Wildman–Crippen LogP) is 3.72. The van der Waals surface area contributed by atoms with E-state index < -0.39 is 17.9 Å². The van der Waals surface area contributed by atoms with Crippen LogP contribution >= 0.6 is 0 Å². The lowest BCUT2D eigenvalue weighted by Crippen LogP contribution is -2.52. The van der Waals surface area contributed by atoms with E-state index in [9.17, 15) is 14.4 Å². The van der Waals surface area contributed by atoms with Crippen LogP contribution in [0.2, 0.25) is 0 Å². The Bertz CT molecular complexity index is 838. The van der Waals surface area contributed by atoms with Crippen LogP contribution in [-0.2, 0) is 25.5 Å². The molecule has 1 saturated heterocycles. The molecule has 0 radical (unpaired) electrons. The number of likely N-dealkylation sites (tertiary alicyclic amines) is 1. The number of esters is 1. The van der Waals surface area contributed by atoms with Gasteiger partial charge in [-0.25, -0.2) is 4.79 Å². The number of nitrogens with zero attached hydrogens (tertiary/aromatic N) is 1. The van der Waals surface area contributed by atoms with Gasteiger partial charge < -0.3 is 23.8 Å². The number of carbonyl (C=O) groups is 3. The Hall–Kier alpha value is -2.77. The SMILES string of the molecule is COc1cc(CCCOC(=O)C2CCCCN2C(=O)C(=O)C2CCCCC2)cc(OC)c1OC. The minimum Gasteiger partial charge on any atom is -0.493 e. The molecule has 0 N–H and O–H groups in total. The van der Waals surface area contributed by atoms with Crippen LogP contribution in [0.15, 0.2) is 12.1 Å². The zero-order valence-corrected chi connectivity index (χ0v) is 20.6. The minimum absolute atomic E-state index is 0.196. The number of rotatable bonds is 10. The molecule has 3 rings (SSSR count). The van der Waals surface area contributed by atoms with Crippen LogP contribution < -0.4 is 14.2 Å². The number of Topliss-reactive ketones (excluding diaryl/α,β-unsaturated/α-hetero) is 1. The van der Waals surface area contributed by atoms with Crippen molar-refractivity contribution in [2.45, 2.75) is 70.3 Å². The van der Waals surface area contributed by atoms with E-state index in [2.05, 4.69) is 0 Å². The highest BCUT2D eigenvalue weighted by Crippen LogP contribution is 2.38. The van der Waals surface area contributed by atoms with Crippen LogP contribution in [0.3, 0.4) is 0 Å². The van der Waals surface area contributed by atoms with Gasteiger partial charge in [-0.2, -0.15) is 0 Å². The van der Waals surface area contributed by atoms with E-state index in [0.717, 1.165) is 50.5 Å². The first-order chi connectivity index (χ1) is 16.5. The number of methoxy groups -OCH3 is 3. The van der Waals surface area contributed by atoms with Crippen molar-refractivity contribution < 1.29 is 33.3 Å². The number of piperidine rings is 1. The van der Waals surface area contributed by atoms with Gasteiger partial charge in [0.1, 0.15) is 6.04 Å². The van der Waals surface area contributed by atoms with Crippen LogP contribution in [0, 0.1) is 5.92 Å². The van der Waals surface area contributed by atoms with Crippen molar-refractivity contribution in [3.8, 4) is 17.2 Å². The Kier molecular flexibility index (Phi) is 9.60. The molecule has 1 amide bonds. The quantitative estimate of drug-likeness (QED) is 0.289. The summed E-state index contributed by atoms with van der Waals surface area (Å²) in [5.74, 6) is 0.228. The second kappa shape index (κ2) is 12.6. The standard InChI is InChI=1S/C26H37NO7/c1-31-21-16-18(17-22(32-2)24(21)33-3)10-9-15-34-26(30)20-13-7-8-14-27(20)25(29)23(28)19-11-5-4-6-12-19/h16-17,19-20H,4-15H2,1-3H3. The van der Waals surface area contributed by atoms with Gasteiger partial charge in [0.05, 0.1) is 27.9 Å². The second-order valence-electron chi connectivity index (χ2n) is 9.01. The van der Waals surface area contributed by atoms with Gasteiger partial charge in [0, 0.05) is 12.5 Å². The first-order valence-corrected chi connectivity index (χ1v) is 12.3. The summed E-state index contributed by atoms with van der Waals surface area (Å²) in [6, 6.07) is 3.08. The molecular weight excluding hydrogens is 438 g/mol. The molecule has 1 aromatic rings. The summed E-state index contributed by atoms with van der Waals surface area (Å²) in [4.78, 5) is 40.0. The lowest BCUT2D eigenvalue weighted by Gasteiger charge is -2.34. The summed E-state index contributed by atoms with van der Waals surface area (Å²) in [5, 5.41) is 0. The first kappa shape index (κ1) is 25.8. The topological polar surface area (TPSA) is 91.4 Å². The molecular formula is C26H37NO7. The van der Waals surface area contributed by atoms with Crippen molar-refractivity contribution in [3.05, 3.63) is 17.7 Å². The molecule has 1 unspecified atom stereocenters. The smallest absolute Gasteiger partial charge is 0.328 e. The van der Waals surface area contributed by atoms with Crippen molar-refractivity contribution in [2.75, 3.05) is 34.5 Å². The number of aryl methyl sites for hydroxylation is 1. The third kappa shape index (κ3) is 6.21. The van der Waals surface area contributed by atoms with E-state index in [1.807, 2.05) is 12.1 Å². The molecule has 1 aromatic carbocycles. The molecule has 2 fully saturated rings. The Morgan fingerprint density at radius 1 is 0.882 bits per heavy atom. The van der Waals surface area contributed by atoms with E-state index in [0.29, 0.717) is 43.1 Å². The van der Waals surface area contributed by atoms with Gasteiger partial charge in [0.2, 0.25) is 11.5 Å². The van der Waals surface area contributed by atoms with Crippen LogP contribution in [0.4, 0.5) is 0 Å². The average Bonchev–Trinajstić information content (AvgIpc) is 2.89. The molecule has 8 nitrogen and oxygen atoms in total. The van der Waals surface area contributed by atoms with Crippen molar-refractivity contribution in [1.82, 2.24) is 4.90 Å². The van der Waals surface area contributed by atoms with Crippen LogP contribution in [0.5, 0.6) is 17.2 Å². The number of hydrogen-bond donors (Lipinski definition) is 0. The molecule has 0 bridgehead atoms. The summed E-state index contributed by atoms with van der Waals surface area (Å²) < 4.78 is 21.7. The molecule has 1 saturated carbocycles. The third-order valence-corrected chi connectivity index (χ3v) is 6.80. The zero-order valence-electron chi connectivity index (χ0n) is 20.6. The van der Waals surface area contributed by atoms with Crippen LogP contribution in [0.25, 0.3) is 0 Å². The number of amides is 1. The lowest BCUT2D eigenvalue weighted by atomic mass is 9.85. The van der Waals surface area contributed by atoms with E-state index in [1.54, 1.807) is 21.3 Å². The van der Waals surface area contributed by atoms with Crippen molar-refractivity contribution >= 4 is 17.7 Å². The largest absolute Gasteiger partial charge is 0.493 e. The fourth-order valence-electron chi connectivity index (χ4n) is 4.93. The lowest BCUT2D eigenvalue weighted by molar-refractivity contribution is -0.160. The number of ether oxygens (including phenoxy) is 4. The molecule has 188 valence electrons. The minimum atomic E-state index is -0.671. The van der Waals surface area contributed by atoms with Gasteiger partial charge in [0.25, 0.3) is 5.91 Å². The fraction of sp³-hybridized carbons (Fsp3) is 0.654. The van der Waals surface area contributed by atoms with Crippen LogP contribution in [-0.4, -0.2) is 63.1 Å². The van der Waals surface area contributed by atoms with E-state index in [-0.39, 0.29) is 18.3 Å². The van der Waals surface area contributed by atoms with Gasteiger partial charge in [0.15, 0.2) is 11.5 Å². The molecule has 1 atom stereocenters. The van der Waals surface area contributed by atoms with E-state index in [1.165, 1.54) is 4.90 Å². The molecule has 2 aliphatic rings. The van der Waals surface area contributed by atoms with Gasteiger partial charge >= 0.3 is 5.97 Å². The van der Waals surface area contributed by atoms with Crippen molar-refractivity contribution in [2.24, 2.45) is 5.92 Å². The molecule has 1 heterocycles. The fourth-order valence-corrected chi connectivity index (χ4v) is 4.93. The number of benzene rings is 1. The summed E-state index contributed by atoms with van der Waals surface area (Å²) >= 11 is 0. The normalized spacial score (nSPS) is 18.8.